The van der Waals surface area contributed by atoms with Gasteiger partial charge in [-0.15, -0.1) is 0 Å². The molecule has 0 aromatic heterocycles. The van der Waals surface area contributed by atoms with Crippen LogP contribution in [0.15, 0.2) is 97.1 Å². The van der Waals surface area contributed by atoms with E-state index < -0.39 is 33.9 Å². The van der Waals surface area contributed by atoms with Crippen LogP contribution in [0.2, 0.25) is 0 Å². The summed E-state index contributed by atoms with van der Waals surface area (Å²) < 4.78 is 17.9. The topological polar surface area (TPSA) is 117 Å². The van der Waals surface area contributed by atoms with Gasteiger partial charge in [0, 0.05) is 17.2 Å². The lowest BCUT2D eigenvalue weighted by Crippen LogP contribution is -2.51. The third-order valence-electron chi connectivity index (χ3n) is 8.97. The monoisotopic (exact) mass is 576 g/mol. The average Bonchev–Trinajstić information content (AvgIpc) is 3.49. The van der Waals surface area contributed by atoms with Gasteiger partial charge in [-0.2, -0.15) is 0 Å². The van der Waals surface area contributed by atoms with Crippen LogP contribution in [0.5, 0.6) is 11.5 Å². The predicted molar refractivity (Wildman–Crippen MR) is 157 cm³/mol. The Labute approximate surface area is 247 Å². The number of nitrogens with one attached hydrogen (secondary N) is 1. The number of nitrogens with zero attached hydrogens (tertiary/aromatic N) is 1. The maximum absolute atomic E-state index is 14.4. The molecular weight excluding hydrogens is 548 g/mol. The zero-order valence-electron chi connectivity index (χ0n) is 23.3. The molecule has 3 aliphatic rings. The van der Waals surface area contributed by atoms with Crippen molar-refractivity contribution in [3.63, 3.8) is 0 Å². The van der Waals surface area contributed by atoms with Gasteiger partial charge in [-0.05, 0) is 48.1 Å². The SMILES string of the molecule is COC(=O)C1(Oc2cc3c(cc2[N+](=O)[O-])OC(C(c2ccccc2)c2ccccc2)C32C(=O)Nc3ccccc32)CCC1. The first-order valence-corrected chi connectivity index (χ1v) is 14.2. The van der Waals surface area contributed by atoms with Crippen molar-refractivity contribution in [1.29, 1.82) is 0 Å². The van der Waals surface area contributed by atoms with Gasteiger partial charge in [0.1, 0.15) is 17.3 Å². The molecule has 9 nitrogen and oxygen atoms in total. The van der Waals surface area contributed by atoms with E-state index in [1.807, 2.05) is 84.9 Å². The number of esters is 1. The Kier molecular flexibility index (Phi) is 6.19. The average molecular weight is 577 g/mol. The van der Waals surface area contributed by atoms with E-state index in [0.717, 1.165) is 11.1 Å². The number of hydrogen-bond acceptors (Lipinski definition) is 7. The van der Waals surface area contributed by atoms with E-state index in [-0.39, 0.29) is 23.1 Å². The van der Waals surface area contributed by atoms with Crippen LogP contribution in [0.1, 0.15) is 47.4 Å². The van der Waals surface area contributed by atoms with Crippen LogP contribution in [0, 0.1) is 10.1 Å². The lowest BCUT2D eigenvalue weighted by atomic mass is 9.66. The predicted octanol–water partition coefficient (Wildman–Crippen LogP) is 5.90. The number of amides is 1. The van der Waals surface area contributed by atoms with Crippen molar-refractivity contribution in [2.45, 2.75) is 42.3 Å². The van der Waals surface area contributed by atoms with Crippen LogP contribution < -0.4 is 14.8 Å². The Morgan fingerprint density at radius 1 is 0.953 bits per heavy atom. The van der Waals surface area contributed by atoms with Gasteiger partial charge < -0.3 is 19.5 Å². The van der Waals surface area contributed by atoms with Gasteiger partial charge in [0.2, 0.25) is 11.5 Å². The number of methoxy groups -OCH3 is 1. The van der Waals surface area contributed by atoms with Crippen LogP contribution in [0.25, 0.3) is 0 Å². The number of carbonyl (C=O) groups is 2. The van der Waals surface area contributed by atoms with Crippen molar-refractivity contribution in [3.8, 4) is 11.5 Å². The molecular formula is C34H28N2O7. The van der Waals surface area contributed by atoms with Crippen molar-refractivity contribution >= 4 is 23.3 Å². The van der Waals surface area contributed by atoms with E-state index in [9.17, 15) is 19.7 Å². The molecule has 1 fully saturated rings. The minimum Gasteiger partial charge on any atom is -0.487 e. The standard InChI is InChI=1S/C34H28N2O7/c1-41-32(38)33(17-10-18-33)43-28-19-24-27(20-26(28)36(39)40)42-30(34(24)23-15-8-9-16-25(23)35-31(34)37)29(21-11-4-2-5-12-21)22-13-6-3-7-14-22/h2-9,11-16,19-20,29-30H,10,17-18H2,1H3,(H,35,37). The summed E-state index contributed by atoms with van der Waals surface area (Å²) in [6, 6.07) is 29.8. The molecule has 2 atom stereocenters. The smallest absolute Gasteiger partial charge is 0.350 e. The Morgan fingerprint density at radius 2 is 1.58 bits per heavy atom. The summed E-state index contributed by atoms with van der Waals surface area (Å²) in [6.07, 6.45) is 0.634. The highest BCUT2D eigenvalue weighted by molar-refractivity contribution is 6.10. The molecule has 0 saturated heterocycles. The summed E-state index contributed by atoms with van der Waals surface area (Å²) in [6.45, 7) is 0. The summed E-state index contributed by atoms with van der Waals surface area (Å²) in [5.41, 5.74) is 0.566. The summed E-state index contributed by atoms with van der Waals surface area (Å²) >= 11 is 0. The van der Waals surface area contributed by atoms with Gasteiger partial charge in [-0.1, -0.05) is 78.9 Å². The molecule has 1 N–H and O–H groups in total. The maximum Gasteiger partial charge on any atom is 0.350 e. The number of rotatable bonds is 7. The second kappa shape index (κ2) is 9.97. The van der Waals surface area contributed by atoms with Gasteiger partial charge in [-0.25, -0.2) is 4.79 Å². The molecule has 4 aromatic rings. The zero-order chi connectivity index (χ0) is 29.8. The molecule has 0 radical (unpaired) electrons. The highest BCUT2D eigenvalue weighted by atomic mass is 16.6. The van der Waals surface area contributed by atoms with Gasteiger partial charge in [-0.3, -0.25) is 14.9 Å². The molecule has 216 valence electrons. The summed E-state index contributed by atoms with van der Waals surface area (Å²) in [5.74, 6) is -1.21. The zero-order valence-corrected chi connectivity index (χ0v) is 23.3. The van der Waals surface area contributed by atoms with E-state index in [2.05, 4.69) is 5.32 Å². The summed E-state index contributed by atoms with van der Waals surface area (Å²) in [5, 5.41) is 15.4. The van der Waals surface area contributed by atoms with Gasteiger partial charge in [0.15, 0.2) is 5.75 Å². The third kappa shape index (κ3) is 3.91. The number of ether oxygens (including phenoxy) is 3. The molecule has 43 heavy (non-hydrogen) atoms. The van der Waals surface area contributed by atoms with E-state index >= 15 is 0 Å². The lowest BCUT2D eigenvalue weighted by Gasteiger charge is -2.38. The van der Waals surface area contributed by atoms with Crippen LogP contribution in [0.4, 0.5) is 11.4 Å². The van der Waals surface area contributed by atoms with Crippen molar-refractivity contribution in [3.05, 3.63) is 129 Å². The van der Waals surface area contributed by atoms with Crippen LogP contribution in [-0.2, 0) is 19.7 Å². The molecule has 1 amide bonds. The van der Waals surface area contributed by atoms with Crippen LogP contribution in [0.3, 0.4) is 0 Å². The minimum atomic E-state index is -1.38. The Morgan fingerprint density at radius 3 is 2.16 bits per heavy atom. The first kappa shape index (κ1) is 26.7. The van der Waals surface area contributed by atoms with Gasteiger partial charge in [0.05, 0.1) is 18.1 Å². The molecule has 9 heteroatoms. The van der Waals surface area contributed by atoms with Crippen LogP contribution in [-0.4, -0.2) is 35.6 Å². The number of hydrogen-bond donors (Lipinski definition) is 1. The second-order valence-electron chi connectivity index (χ2n) is 11.2. The number of fused-ring (bicyclic) bond motifs is 4. The van der Waals surface area contributed by atoms with Crippen molar-refractivity contribution in [2.75, 3.05) is 12.4 Å². The molecule has 2 aliphatic heterocycles. The molecule has 4 aromatic carbocycles. The van der Waals surface area contributed by atoms with Crippen molar-refractivity contribution in [2.24, 2.45) is 0 Å². The molecule has 1 spiro atoms. The maximum atomic E-state index is 14.4. The minimum absolute atomic E-state index is 0.106. The molecule has 0 bridgehead atoms. The number of benzene rings is 4. The lowest BCUT2D eigenvalue weighted by molar-refractivity contribution is -0.386. The summed E-state index contributed by atoms with van der Waals surface area (Å²) in [7, 11) is 1.27. The fraction of sp³-hybridized carbons (Fsp3) is 0.235. The largest absolute Gasteiger partial charge is 0.487 e. The fourth-order valence-electron chi connectivity index (χ4n) is 6.81. The first-order valence-electron chi connectivity index (χ1n) is 14.2. The Balaban J connectivity index is 1.48. The van der Waals surface area contributed by atoms with E-state index in [1.165, 1.54) is 19.2 Å². The van der Waals surface area contributed by atoms with Gasteiger partial charge >= 0.3 is 11.7 Å². The van der Waals surface area contributed by atoms with Crippen molar-refractivity contribution < 1.29 is 28.7 Å². The molecule has 2 heterocycles. The Hall–Kier alpha value is -5.18. The quantitative estimate of drug-likeness (QED) is 0.165. The highest BCUT2D eigenvalue weighted by Crippen LogP contribution is 2.59. The third-order valence-corrected chi connectivity index (χ3v) is 8.97. The molecule has 1 aliphatic carbocycles. The van der Waals surface area contributed by atoms with E-state index in [4.69, 9.17) is 14.2 Å². The first-order chi connectivity index (χ1) is 20.9. The number of carbonyl (C=O) groups excluding carboxylic acids is 2. The second-order valence-corrected chi connectivity index (χ2v) is 11.2. The highest BCUT2D eigenvalue weighted by Gasteiger charge is 2.63. The Bertz CT molecular complexity index is 1710. The number of para-hydroxylation sites is 1. The number of anilines is 1. The fourth-order valence-corrected chi connectivity index (χ4v) is 6.81. The van der Waals surface area contributed by atoms with Gasteiger partial charge in [0.25, 0.3) is 0 Å². The molecule has 1 saturated carbocycles. The van der Waals surface area contributed by atoms with E-state index in [1.54, 1.807) is 0 Å². The normalized spacial score (nSPS) is 20.9. The molecule has 2 unspecified atom stereocenters. The summed E-state index contributed by atoms with van der Waals surface area (Å²) in [4.78, 5) is 38.9. The molecule has 7 rings (SSSR count). The van der Waals surface area contributed by atoms with Crippen LogP contribution >= 0.6 is 0 Å². The van der Waals surface area contributed by atoms with E-state index in [0.29, 0.717) is 36.1 Å². The van der Waals surface area contributed by atoms with Crippen molar-refractivity contribution in [1.82, 2.24) is 0 Å². The number of nitro benzene ring substituents is 1. The number of nitro groups is 1.